The van der Waals surface area contributed by atoms with E-state index >= 15 is 0 Å². The fourth-order valence-electron chi connectivity index (χ4n) is 1.88. The van der Waals surface area contributed by atoms with Gasteiger partial charge in [0.2, 0.25) is 0 Å². The van der Waals surface area contributed by atoms with Crippen LogP contribution in [0.25, 0.3) is 0 Å². The average molecular weight is 258 g/mol. The third kappa shape index (κ3) is 3.42. The Morgan fingerprint density at radius 2 is 2.05 bits per heavy atom. The third-order valence-electron chi connectivity index (χ3n) is 2.92. The molecule has 0 saturated heterocycles. The number of aromatic nitrogens is 2. The highest BCUT2D eigenvalue weighted by molar-refractivity contribution is 5.36. The molecule has 0 spiro atoms. The quantitative estimate of drug-likeness (QED) is 0.757. The van der Waals surface area contributed by atoms with Gasteiger partial charge in [-0.15, -0.1) is 0 Å². The van der Waals surface area contributed by atoms with Crippen LogP contribution in [0.3, 0.4) is 0 Å². The van der Waals surface area contributed by atoms with Gasteiger partial charge in [-0.1, -0.05) is 31.2 Å². The zero-order valence-corrected chi connectivity index (χ0v) is 10.9. The van der Waals surface area contributed by atoms with Gasteiger partial charge in [-0.25, -0.2) is 4.98 Å². The summed E-state index contributed by atoms with van der Waals surface area (Å²) in [6.07, 6.45) is 0.699. The number of aryl methyl sites for hydroxylation is 1. The summed E-state index contributed by atoms with van der Waals surface area (Å²) in [5, 5.41) is 3.16. The van der Waals surface area contributed by atoms with E-state index in [1.807, 2.05) is 31.2 Å². The number of H-pyrrole nitrogens is 1. The summed E-state index contributed by atoms with van der Waals surface area (Å²) in [7, 11) is 0. The Labute approximate surface area is 111 Å². The summed E-state index contributed by atoms with van der Waals surface area (Å²) in [5.41, 5.74) is 7.76. The number of nitrogens with one attached hydrogen (secondary N) is 2. The lowest BCUT2D eigenvalue weighted by Crippen LogP contribution is -2.14. The van der Waals surface area contributed by atoms with Crippen LogP contribution in [0.4, 0.5) is 5.82 Å². The fourth-order valence-corrected chi connectivity index (χ4v) is 1.88. The molecule has 19 heavy (non-hydrogen) atoms. The summed E-state index contributed by atoms with van der Waals surface area (Å²) >= 11 is 0. The minimum Gasteiger partial charge on any atom is -0.366 e. The molecular weight excluding hydrogens is 240 g/mol. The molecular formula is C14H18N4O. The van der Waals surface area contributed by atoms with Crippen LogP contribution >= 0.6 is 0 Å². The molecule has 0 bridgehead atoms. The van der Waals surface area contributed by atoms with Crippen molar-refractivity contribution in [2.45, 2.75) is 26.4 Å². The van der Waals surface area contributed by atoms with Gasteiger partial charge in [0.1, 0.15) is 11.6 Å². The van der Waals surface area contributed by atoms with Crippen LogP contribution in [-0.4, -0.2) is 9.97 Å². The lowest BCUT2D eigenvalue weighted by Gasteiger charge is -2.10. The number of aromatic amines is 1. The Bertz CT molecular complexity index is 606. The smallest absolute Gasteiger partial charge is 0.252 e. The largest absolute Gasteiger partial charge is 0.366 e. The van der Waals surface area contributed by atoms with Crippen LogP contribution in [0.15, 0.2) is 35.1 Å². The SMILES string of the molecule is CCc1nc(NCc2ccccc2CN)cc(=O)[nH]1. The van der Waals surface area contributed by atoms with Crippen molar-refractivity contribution in [1.82, 2.24) is 9.97 Å². The van der Waals surface area contributed by atoms with Gasteiger partial charge in [-0.2, -0.15) is 0 Å². The maximum Gasteiger partial charge on any atom is 0.252 e. The van der Waals surface area contributed by atoms with E-state index in [4.69, 9.17) is 5.73 Å². The molecule has 5 nitrogen and oxygen atoms in total. The van der Waals surface area contributed by atoms with E-state index in [0.29, 0.717) is 31.2 Å². The Morgan fingerprint density at radius 3 is 2.74 bits per heavy atom. The zero-order valence-electron chi connectivity index (χ0n) is 10.9. The van der Waals surface area contributed by atoms with Crippen LogP contribution in [0.5, 0.6) is 0 Å². The van der Waals surface area contributed by atoms with E-state index in [0.717, 1.165) is 11.1 Å². The first-order valence-electron chi connectivity index (χ1n) is 6.34. The number of hydrogen-bond donors (Lipinski definition) is 3. The fraction of sp³-hybridized carbons (Fsp3) is 0.286. The van der Waals surface area contributed by atoms with Gasteiger partial charge in [0, 0.05) is 25.6 Å². The minimum absolute atomic E-state index is 0.138. The van der Waals surface area contributed by atoms with Gasteiger partial charge in [-0.3, -0.25) is 4.79 Å². The molecule has 0 fully saturated rings. The van der Waals surface area contributed by atoms with Gasteiger partial charge in [0.05, 0.1) is 0 Å². The van der Waals surface area contributed by atoms with Crippen LogP contribution < -0.4 is 16.6 Å². The van der Waals surface area contributed by atoms with E-state index in [9.17, 15) is 4.79 Å². The van der Waals surface area contributed by atoms with Crippen molar-refractivity contribution in [3.8, 4) is 0 Å². The van der Waals surface area contributed by atoms with Crippen LogP contribution in [0, 0.1) is 0 Å². The van der Waals surface area contributed by atoms with E-state index < -0.39 is 0 Å². The lowest BCUT2D eigenvalue weighted by molar-refractivity contribution is 0.912. The maximum atomic E-state index is 11.4. The Balaban J connectivity index is 2.14. The molecule has 4 N–H and O–H groups in total. The van der Waals surface area contributed by atoms with Crippen LogP contribution in [-0.2, 0) is 19.5 Å². The van der Waals surface area contributed by atoms with E-state index in [2.05, 4.69) is 15.3 Å². The van der Waals surface area contributed by atoms with E-state index in [1.54, 1.807) is 0 Å². The second-order valence-corrected chi connectivity index (χ2v) is 4.26. The second-order valence-electron chi connectivity index (χ2n) is 4.26. The average Bonchev–Trinajstić information content (AvgIpc) is 2.44. The second kappa shape index (κ2) is 6.15. The number of benzene rings is 1. The summed E-state index contributed by atoms with van der Waals surface area (Å²) in [6, 6.07) is 9.41. The van der Waals surface area contributed by atoms with Crippen LogP contribution in [0.2, 0.25) is 0 Å². The molecule has 0 atom stereocenters. The first-order valence-corrected chi connectivity index (χ1v) is 6.34. The summed E-state index contributed by atoms with van der Waals surface area (Å²) < 4.78 is 0. The first-order chi connectivity index (χ1) is 9.22. The number of rotatable bonds is 5. The van der Waals surface area contributed by atoms with Gasteiger partial charge in [-0.05, 0) is 11.1 Å². The standard InChI is InChI=1S/C14H18N4O/c1-2-12-17-13(7-14(19)18-12)16-9-11-6-4-3-5-10(11)8-15/h3-7H,2,8-9,15H2,1H3,(H2,16,17,18,19). The number of nitrogens with zero attached hydrogens (tertiary/aromatic N) is 1. The van der Waals surface area contributed by atoms with Crippen molar-refractivity contribution in [1.29, 1.82) is 0 Å². The summed E-state index contributed by atoms with van der Waals surface area (Å²) in [5.74, 6) is 1.27. The molecule has 0 radical (unpaired) electrons. The molecule has 0 aliphatic rings. The molecule has 2 aromatic rings. The molecule has 0 aliphatic carbocycles. The lowest BCUT2D eigenvalue weighted by atomic mass is 10.1. The summed E-state index contributed by atoms with van der Waals surface area (Å²) in [6.45, 7) is 3.06. The molecule has 0 amide bonds. The van der Waals surface area contributed by atoms with Gasteiger partial charge in [0.15, 0.2) is 0 Å². The third-order valence-corrected chi connectivity index (χ3v) is 2.92. The van der Waals surface area contributed by atoms with Crippen molar-refractivity contribution in [3.63, 3.8) is 0 Å². The van der Waals surface area contributed by atoms with Crippen LogP contribution in [0.1, 0.15) is 23.9 Å². The maximum absolute atomic E-state index is 11.4. The minimum atomic E-state index is -0.138. The Morgan fingerprint density at radius 1 is 1.32 bits per heavy atom. The monoisotopic (exact) mass is 258 g/mol. The molecule has 1 aromatic heterocycles. The molecule has 0 unspecified atom stereocenters. The Hall–Kier alpha value is -2.14. The van der Waals surface area contributed by atoms with Gasteiger partial charge < -0.3 is 16.0 Å². The molecule has 0 saturated carbocycles. The summed E-state index contributed by atoms with van der Waals surface area (Å²) in [4.78, 5) is 18.5. The van der Waals surface area contributed by atoms with E-state index in [-0.39, 0.29) is 5.56 Å². The molecule has 1 aromatic carbocycles. The first kappa shape index (κ1) is 13.3. The van der Waals surface area contributed by atoms with Gasteiger partial charge in [0.25, 0.3) is 5.56 Å². The number of anilines is 1. The predicted molar refractivity (Wildman–Crippen MR) is 75.9 cm³/mol. The van der Waals surface area contributed by atoms with Crippen molar-refractivity contribution in [3.05, 3.63) is 57.6 Å². The van der Waals surface area contributed by atoms with Gasteiger partial charge >= 0.3 is 0 Å². The highest BCUT2D eigenvalue weighted by Gasteiger charge is 2.02. The number of nitrogens with two attached hydrogens (primary N) is 1. The molecule has 0 aliphatic heterocycles. The molecule has 1 heterocycles. The Kier molecular flexibility index (Phi) is 4.30. The normalized spacial score (nSPS) is 10.4. The predicted octanol–water partition coefficient (Wildman–Crippen LogP) is 1.40. The molecule has 100 valence electrons. The molecule has 2 rings (SSSR count). The van der Waals surface area contributed by atoms with Crippen molar-refractivity contribution in [2.24, 2.45) is 5.73 Å². The molecule has 5 heteroatoms. The number of hydrogen-bond acceptors (Lipinski definition) is 4. The topological polar surface area (TPSA) is 83.8 Å². The van der Waals surface area contributed by atoms with Crippen molar-refractivity contribution in [2.75, 3.05) is 5.32 Å². The highest BCUT2D eigenvalue weighted by Crippen LogP contribution is 2.10. The highest BCUT2D eigenvalue weighted by atomic mass is 16.1. The zero-order chi connectivity index (χ0) is 13.7. The van der Waals surface area contributed by atoms with Crippen molar-refractivity contribution < 1.29 is 0 Å². The van der Waals surface area contributed by atoms with E-state index in [1.165, 1.54) is 6.07 Å². The van der Waals surface area contributed by atoms with Crippen molar-refractivity contribution >= 4 is 5.82 Å².